The highest BCUT2D eigenvalue weighted by Gasteiger charge is 2.43. The molecule has 85 heavy (non-hydrogen) atoms. The molecule has 2 aliphatic carbocycles. The van der Waals surface area contributed by atoms with Gasteiger partial charge < -0.3 is 9.13 Å². The molecule has 5 heterocycles. The Morgan fingerprint density at radius 2 is 0.765 bits per heavy atom. The fourth-order valence-corrected chi connectivity index (χ4v) is 16.1. The van der Waals surface area contributed by atoms with E-state index >= 15 is 0 Å². The normalized spacial score (nSPS) is 14.9. The smallest absolute Gasteiger partial charge is 0.252 e. The number of hydrogen-bond acceptors (Lipinski definition) is 2. The molecule has 4 nitrogen and oxygen atoms in total. The van der Waals surface area contributed by atoms with Crippen LogP contribution in [-0.4, -0.2) is 25.8 Å². The molecule has 2 saturated carbocycles. The third kappa shape index (κ3) is 7.68. The van der Waals surface area contributed by atoms with Crippen LogP contribution in [0.15, 0.2) is 237 Å². The van der Waals surface area contributed by atoms with Gasteiger partial charge in [-0.2, -0.15) is 0 Å². The van der Waals surface area contributed by atoms with Crippen LogP contribution in [0.1, 0.15) is 87.2 Å². The van der Waals surface area contributed by atoms with Gasteiger partial charge in [0.2, 0.25) is 0 Å². The van der Waals surface area contributed by atoms with Gasteiger partial charge in [0.1, 0.15) is 0 Å². The zero-order valence-corrected chi connectivity index (χ0v) is 47.6. The van der Waals surface area contributed by atoms with E-state index in [4.69, 9.17) is 9.97 Å². The second kappa shape index (κ2) is 19.5. The van der Waals surface area contributed by atoms with Crippen molar-refractivity contribution >= 4 is 77.6 Å². The first-order valence-corrected chi connectivity index (χ1v) is 31.2. The summed E-state index contributed by atoms with van der Waals surface area (Å²) in [6.07, 6.45) is 12.6. The maximum atomic E-state index is 5.70. The van der Waals surface area contributed by atoms with Crippen molar-refractivity contribution in [2.45, 2.75) is 76.0 Å². The number of fused-ring (bicyclic) bond motifs is 11. The van der Waals surface area contributed by atoms with Crippen molar-refractivity contribution in [1.82, 2.24) is 19.1 Å². The molecule has 3 aromatic heterocycles. The highest BCUT2D eigenvalue weighted by molar-refractivity contribution is 7.00. The summed E-state index contributed by atoms with van der Waals surface area (Å²) in [5.74, 6) is 1.71. The first-order chi connectivity index (χ1) is 42.2. The number of para-hydroxylation sites is 1. The average Bonchev–Trinajstić information content (AvgIpc) is 1.62. The summed E-state index contributed by atoms with van der Waals surface area (Å²) in [6.45, 7) is -0.0512. The van der Waals surface area contributed by atoms with Crippen LogP contribution in [0.25, 0.3) is 133 Å². The quantitative estimate of drug-likeness (QED) is 0.142. The van der Waals surface area contributed by atoms with E-state index in [1.54, 1.807) is 0 Å². The molecule has 4 aliphatic rings. The van der Waals surface area contributed by atoms with Crippen molar-refractivity contribution < 1.29 is 0 Å². The zero-order valence-electron chi connectivity index (χ0n) is 47.6. The summed E-state index contributed by atoms with van der Waals surface area (Å²) < 4.78 is 5.43. The number of benzene rings is 11. The standard InChI is InChI=1S/C80H61BN4/c1-8-24-50(25-9-1)57-42-65-74-63(54-32-16-5-17-33-54)40-59(52-28-12-3-13-29-52)46-70(74)84-72-48-61(80-82-69-39-23-22-38-62(69)77(83-80)56-36-20-7-21-37-56)49-73-76(72)81(67(44-57)78(65)84)68-45-58(51-26-10-2-11-27-51)43-66-75-64(55-34-18-6-19-35-55)41-60(53-30-14-4-15-31-53)47-71(75)85(73)79(66)68/h3-7,12-23,28-51H,1-2,8-11,24-27H2. The van der Waals surface area contributed by atoms with Gasteiger partial charge in [-0.3, -0.25) is 0 Å². The minimum atomic E-state index is -0.0512. The van der Waals surface area contributed by atoms with E-state index < -0.39 is 0 Å². The minimum Gasteiger partial charge on any atom is -0.310 e. The van der Waals surface area contributed by atoms with E-state index in [1.165, 1.54) is 191 Å². The van der Waals surface area contributed by atoms with E-state index in [-0.39, 0.29) is 6.71 Å². The Kier molecular flexibility index (Phi) is 11.2. The van der Waals surface area contributed by atoms with Gasteiger partial charge in [-0.15, -0.1) is 0 Å². The predicted octanol–water partition coefficient (Wildman–Crippen LogP) is 19.1. The average molecular weight is 1090 g/mol. The molecule has 0 radical (unpaired) electrons. The minimum absolute atomic E-state index is 0.0512. The van der Waals surface area contributed by atoms with Crippen LogP contribution < -0.4 is 16.4 Å². The van der Waals surface area contributed by atoms with Gasteiger partial charge in [0, 0.05) is 60.5 Å². The molecular weight excluding hydrogens is 1030 g/mol. The number of nitrogens with zero attached hydrogens (tertiary/aromatic N) is 4. The van der Waals surface area contributed by atoms with Crippen molar-refractivity contribution in [2.24, 2.45) is 0 Å². The summed E-state index contributed by atoms with van der Waals surface area (Å²) in [7, 11) is 0. The highest BCUT2D eigenvalue weighted by atomic mass is 15.0. The van der Waals surface area contributed by atoms with Crippen LogP contribution in [0.3, 0.4) is 0 Å². The lowest BCUT2D eigenvalue weighted by Gasteiger charge is -2.35. The molecule has 2 fully saturated rings. The number of aromatic nitrogens is 4. The van der Waals surface area contributed by atoms with Gasteiger partial charge >= 0.3 is 0 Å². The molecule has 5 heteroatoms. The van der Waals surface area contributed by atoms with E-state index in [9.17, 15) is 0 Å². The zero-order chi connectivity index (χ0) is 55.7. The van der Waals surface area contributed by atoms with Crippen LogP contribution in [0.2, 0.25) is 0 Å². The molecule has 18 rings (SSSR count). The van der Waals surface area contributed by atoms with Gasteiger partial charge in [0.25, 0.3) is 6.71 Å². The third-order valence-electron chi connectivity index (χ3n) is 20.0. The molecule has 11 aromatic carbocycles. The summed E-state index contributed by atoms with van der Waals surface area (Å²) >= 11 is 0. The Labute approximate surface area is 496 Å². The Morgan fingerprint density at radius 3 is 1.24 bits per heavy atom. The fourth-order valence-electron chi connectivity index (χ4n) is 16.1. The fraction of sp³-hybridized carbons (Fsp3) is 0.150. The maximum absolute atomic E-state index is 5.70. The Balaban J connectivity index is 1.05. The Morgan fingerprint density at radius 1 is 0.341 bits per heavy atom. The molecule has 0 unspecified atom stereocenters. The van der Waals surface area contributed by atoms with E-state index in [2.05, 4.69) is 246 Å². The summed E-state index contributed by atoms with van der Waals surface area (Å²) in [5, 5.41) is 6.38. The summed E-state index contributed by atoms with van der Waals surface area (Å²) in [5.41, 5.74) is 28.5. The van der Waals surface area contributed by atoms with Gasteiger partial charge in [0.15, 0.2) is 5.82 Å². The Bertz CT molecular complexity index is 4740. The SMILES string of the molecule is c1ccc(-c2cc(-c3ccccc3)c3c4cc(C5CCCCC5)cc5c4n(c3c2)-c2cc(-c3nc(-c4ccccc4)c4ccccc4n3)cc3c2B5c2cc(C4CCCCC4)cc4c5c(-c6ccccc6)cc(-c6ccccc6)cc5n-3c24)cc1. The molecule has 0 amide bonds. The van der Waals surface area contributed by atoms with Crippen LogP contribution >= 0.6 is 0 Å². The molecule has 0 bridgehead atoms. The predicted molar refractivity (Wildman–Crippen MR) is 357 cm³/mol. The molecule has 14 aromatic rings. The second-order valence-corrected chi connectivity index (χ2v) is 24.8. The monoisotopic (exact) mass is 1090 g/mol. The molecule has 404 valence electrons. The molecule has 0 atom stereocenters. The first kappa shape index (κ1) is 48.9. The number of rotatable bonds is 8. The van der Waals surface area contributed by atoms with Crippen molar-refractivity contribution in [3.8, 4) is 78.5 Å². The van der Waals surface area contributed by atoms with Gasteiger partial charge in [-0.05, 0) is 164 Å². The van der Waals surface area contributed by atoms with Crippen molar-refractivity contribution in [2.75, 3.05) is 0 Å². The summed E-state index contributed by atoms with van der Waals surface area (Å²) in [6, 6.07) is 89.5. The second-order valence-electron chi connectivity index (χ2n) is 24.8. The molecular formula is C80H61BN4. The first-order valence-electron chi connectivity index (χ1n) is 31.2. The van der Waals surface area contributed by atoms with E-state index in [1.807, 2.05) is 0 Å². The van der Waals surface area contributed by atoms with Crippen LogP contribution in [0, 0.1) is 0 Å². The van der Waals surface area contributed by atoms with Crippen LogP contribution in [-0.2, 0) is 0 Å². The van der Waals surface area contributed by atoms with Gasteiger partial charge in [-0.25, -0.2) is 9.97 Å². The van der Waals surface area contributed by atoms with E-state index in [0.717, 1.165) is 33.5 Å². The summed E-state index contributed by atoms with van der Waals surface area (Å²) in [4.78, 5) is 11.3. The number of hydrogen-bond donors (Lipinski definition) is 0. The largest absolute Gasteiger partial charge is 0.310 e. The van der Waals surface area contributed by atoms with Crippen molar-refractivity contribution in [3.63, 3.8) is 0 Å². The molecule has 0 saturated heterocycles. The lowest BCUT2D eigenvalue weighted by atomic mass is 9.34. The molecule has 0 N–H and O–H groups in total. The van der Waals surface area contributed by atoms with Crippen LogP contribution in [0.4, 0.5) is 0 Å². The van der Waals surface area contributed by atoms with E-state index in [0.29, 0.717) is 11.8 Å². The third-order valence-corrected chi connectivity index (χ3v) is 20.0. The molecule has 0 spiro atoms. The topological polar surface area (TPSA) is 35.6 Å². The van der Waals surface area contributed by atoms with Gasteiger partial charge in [0.05, 0.1) is 22.2 Å². The maximum Gasteiger partial charge on any atom is 0.252 e. The molecule has 2 aliphatic heterocycles. The lowest BCUT2D eigenvalue weighted by molar-refractivity contribution is 0.444. The lowest BCUT2D eigenvalue weighted by Crippen LogP contribution is -2.59. The Hall–Kier alpha value is -9.58. The van der Waals surface area contributed by atoms with Gasteiger partial charge in [-0.1, -0.05) is 221 Å². The van der Waals surface area contributed by atoms with Crippen LogP contribution in [0.5, 0.6) is 0 Å². The van der Waals surface area contributed by atoms with Crippen molar-refractivity contribution in [3.05, 3.63) is 248 Å². The van der Waals surface area contributed by atoms with Crippen molar-refractivity contribution in [1.29, 1.82) is 0 Å². The highest BCUT2D eigenvalue weighted by Crippen LogP contribution is 2.49.